The van der Waals surface area contributed by atoms with Crippen molar-refractivity contribution in [1.82, 2.24) is 4.90 Å². The first kappa shape index (κ1) is 15.5. The minimum Gasteiger partial charge on any atom is -0.339 e. The van der Waals surface area contributed by atoms with E-state index in [-0.39, 0.29) is 5.56 Å². The molecule has 0 aliphatic carbocycles. The van der Waals surface area contributed by atoms with E-state index >= 15 is 0 Å². The first-order valence-corrected chi connectivity index (χ1v) is 8.03. The van der Waals surface area contributed by atoms with Gasteiger partial charge in [-0.2, -0.15) is 0 Å². The van der Waals surface area contributed by atoms with Crippen LogP contribution in [0.2, 0.25) is 10.0 Å². The average Bonchev–Trinajstić information content (AvgIpc) is 2.85. The molecule has 0 aromatic heterocycles. The van der Waals surface area contributed by atoms with Crippen LogP contribution in [0.4, 0.5) is 4.39 Å². The van der Waals surface area contributed by atoms with E-state index in [1.165, 1.54) is 4.90 Å². The molecule has 1 aromatic rings. The summed E-state index contributed by atoms with van der Waals surface area (Å²) in [6, 6.07) is 0.833. The summed E-state index contributed by atoms with van der Waals surface area (Å²) in [6.07, 6.45) is 1.67. The van der Waals surface area contributed by atoms with Crippen molar-refractivity contribution in [2.24, 2.45) is 5.14 Å². The number of benzene rings is 1. The SMILES string of the molecule is NS(=O)(=O)c1c(Cl)c(F)cc(C(=O)N2CCCC2)c1Cl. The third kappa shape index (κ3) is 2.76. The molecule has 1 saturated heterocycles. The van der Waals surface area contributed by atoms with E-state index in [2.05, 4.69) is 0 Å². The third-order valence-corrected chi connectivity index (χ3v) is 4.99. The van der Waals surface area contributed by atoms with E-state index in [1.54, 1.807) is 0 Å². The van der Waals surface area contributed by atoms with Crippen molar-refractivity contribution in [2.45, 2.75) is 17.7 Å². The number of nitrogens with two attached hydrogens (primary N) is 1. The number of hydrogen-bond acceptors (Lipinski definition) is 3. The minimum absolute atomic E-state index is 0.250. The number of rotatable bonds is 2. The van der Waals surface area contributed by atoms with E-state index in [0.717, 1.165) is 18.9 Å². The molecule has 0 radical (unpaired) electrons. The summed E-state index contributed by atoms with van der Waals surface area (Å²) in [5, 5.41) is 3.80. The van der Waals surface area contributed by atoms with Crippen molar-refractivity contribution < 1.29 is 17.6 Å². The Hall–Kier alpha value is -0.890. The molecule has 0 spiro atoms. The summed E-state index contributed by atoms with van der Waals surface area (Å²) >= 11 is 11.5. The molecule has 1 heterocycles. The fraction of sp³-hybridized carbons (Fsp3) is 0.364. The van der Waals surface area contributed by atoms with Gasteiger partial charge in [0.15, 0.2) is 0 Å². The lowest BCUT2D eigenvalue weighted by Gasteiger charge is -2.17. The highest BCUT2D eigenvalue weighted by Crippen LogP contribution is 2.34. The van der Waals surface area contributed by atoms with Gasteiger partial charge in [0.2, 0.25) is 10.0 Å². The average molecular weight is 341 g/mol. The first-order chi connectivity index (χ1) is 9.23. The summed E-state index contributed by atoms with van der Waals surface area (Å²) in [6.45, 7) is 1.04. The Morgan fingerprint density at radius 2 is 1.80 bits per heavy atom. The summed E-state index contributed by atoms with van der Waals surface area (Å²) in [5.41, 5.74) is -0.250. The molecule has 0 unspecified atom stereocenters. The van der Waals surface area contributed by atoms with Gasteiger partial charge in [-0.1, -0.05) is 23.2 Å². The maximum absolute atomic E-state index is 13.7. The van der Waals surface area contributed by atoms with Crippen LogP contribution in [0.5, 0.6) is 0 Å². The first-order valence-electron chi connectivity index (χ1n) is 5.73. The van der Waals surface area contributed by atoms with Gasteiger partial charge in [0.25, 0.3) is 5.91 Å². The normalized spacial score (nSPS) is 15.7. The van der Waals surface area contributed by atoms with Crippen LogP contribution in [0.15, 0.2) is 11.0 Å². The molecule has 5 nitrogen and oxygen atoms in total. The molecule has 1 fully saturated rings. The van der Waals surface area contributed by atoms with Crippen LogP contribution in [-0.2, 0) is 10.0 Å². The monoisotopic (exact) mass is 340 g/mol. The lowest BCUT2D eigenvalue weighted by Crippen LogP contribution is -2.28. The van der Waals surface area contributed by atoms with Gasteiger partial charge in [0, 0.05) is 13.1 Å². The molecule has 2 rings (SSSR count). The van der Waals surface area contributed by atoms with Crippen LogP contribution in [0.3, 0.4) is 0 Å². The Bertz CT molecular complexity index is 673. The smallest absolute Gasteiger partial charge is 0.255 e. The Labute approximate surface area is 125 Å². The predicted octanol–water partition coefficient (Wildman–Crippen LogP) is 2.02. The van der Waals surface area contributed by atoms with E-state index in [4.69, 9.17) is 28.3 Å². The standard InChI is InChI=1S/C11H11Cl2FN2O3S/c12-8-6(11(17)16-3-1-2-4-16)5-7(14)9(13)10(8)20(15,18)19/h5H,1-4H2,(H2,15,18,19). The van der Waals surface area contributed by atoms with Gasteiger partial charge in [-0.25, -0.2) is 17.9 Å². The van der Waals surface area contributed by atoms with E-state index in [9.17, 15) is 17.6 Å². The van der Waals surface area contributed by atoms with Crippen LogP contribution in [0.25, 0.3) is 0 Å². The molecular formula is C11H11Cl2FN2O3S. The largest absolute Gasteiger partial charge is 0.339 e. The fourth-order valence-electron chi connectivity index (χ4n) is 2.08. The fourth-order valence-corrected chi connectivity index (χ4v) is 3.86. The second-order valence-electron chi connectivity index (χ2n) is 4.41. The maximum atomic E-state index is 13.7. The lowest BCUT2D eigenvalue weighted by molar-refractivity contribution is 0.0792. The van der Waals surface area contributed by atoms with Crippen molar-refractivity contribution in [1.29, 1.82) is 0 Å². The summed E-state index contributed by atoms with van der Waals surface area (Å²) in [4.78, 5) is 12.9. The highest BCUT2D eigenvalue weighted by molar-refractivity contribution is 7.89. The maximum Gasteiger partial charge on any atom is 0.255 e. The van der Waals surface area contributed by atoms with Crippen molar-refractivity contribution in [3.8, 4) is 0 Å². The zero-order valence-electron chi connectivity index (χ0n) is 10.2. The molecule has 1 aromatic carbocycles. The molecule has 9 heteroatoms. The number of nitrogens with zero attached hydrogens (tertiary/aromatic N) is 1. The Morgan fingerprint density at radius 3 is 2.30 bits per heavy atom. The molecule has 110 valence electrons. The number of primary sulfonamides is 1. The van der Waals surface area contributed by atoms with Gasteiger partial charge < -0.3 is 4.90 Å². The summed E-state index contributed by atoms with van der Waals surface area (Å²) < 4.78 is 36.6. The molecule has 20 heavy (non-hydrogen) atoms. The zero-order chi connectivity index (χ0) is 15.1. The zero-order valence-corrected chi connectivity index (χ0v) is 12.5. The quantitative estimate of drug-likeness (QED) is 0.836. The number of hydrogen-bond donors (Lipinski definition) is 1. The number of halogens is 3. The van der Waals surface area contributed by atoms with Gasteiger partial charge in [-0.05, 0) is 18.9 Å². The van der Waals surface area contributed by atoms with Crippen LogP contribution in [0.1, 0.15) is 23.2 Å². The number of carbonyl (C=O) groups is 1. The van der Waals surface area contributed by atoms with Crippen molar-refractivity contribution in [3.05, 3.63) is 27.5 Å². The number of sulfonamides is 1. The van der Waals surface area contributed by atoms with Crippen LogP contribution < -0.4 is 5.14 Å². The van der Waals surface area contributed by atoms with Crippen molar-refractivity contribution in [3.63, 3.8) is 0 Å². The number of amides is 1. The summed E-state index contributed by atoms with van der Waals surface area (Å²) in [7, 11) is -4.34. The van der Waals surface area contributed by atoms with Crippen LogP contribution >= 0.6 is 23.2 Å². The molecule has 0 saturated carbocycles. The molecule has 1 aliphatic heterocycles. The van der Waals surface area contributed by atoms with Crippen LogP contribution in [0, 0.1) is 5.82 Å². The number of likely N-dealkylation sites (tertiary alicyclic amines) is 1. The van der Waals surface area contributed by atoms with Crippen molar-refractivity contribution in [2.75, 3.05) is 13.1 Å². The van der Waals surface area contributed by atoms with Gasteiger partial charge in [-0.3, -0.25) is 4.79 Å². The van der Waals surface area contributed by atoms with E-state index < -0.39 is 36.7 Å². The van der Waals surface area contributed by atoms with E-state index in [1.807, 2.05) is 0 Å². The second-order valence-corrected chi connectivity index (χ2v) is 6.66. The van der Waals surface area contributed by atoms with Crippen molar-refractivity contribution >= 4 is 39.1 Å². The third-order valence-electron chi connectivity index (χ3n) is 3.02. The van der Waals surface area contributed by atoms with Gasteiger partial charge in [0.1, 0.15) is 10.7 Å². The van der Waals surface area contributed by atoms with E-state index in [0.29, 0.717) is 13.1 Å². The topological polar surface area (TPSA) is 80.5 Å². The molecule has 1 aliphatic rings. The molecule has 0 atom stereocenters. The Morgan fingerprint density at radius 1 is 1.25 bits per heavy atom. The second kappa shape index (κ2) is 5.48. The van der Waals surface area contributed by atoms with Gasteiger partial charge in [0.05, 0.1) is 15.6 Å². The molecule has 0 bridgehead atoms. The molecule has 2 N–H and O–H groups in total. The van der Waals surface area contributed by atoms with Crippen LogP contribution in [-0.4, -0.2) is 32.3 Å². The lowest BCUT2D eigenvalue weighted by atomic mass is 10.2. The Kier molecular flexibility index (Phi) is 4.24. The molecule has 1 amide bonds. The predicted molar refractivity (Wildman–Crippen MR) is 72.9 cm³/mol. The minimum atomic E-state index is -4.34. The molecular weight excluding hydrogens is 330 g/mol. The summed E-state index contributed by atoms with van der Waals surface area (Å²) in [5.74, 6) is -1.59. The van der Waals surface area contributed by atoms with Gasteiger partial charge >= 0.3 is 0 Å². The highest BCUT2D eigenvalue weighted by Gasteiger charge is 2.29. The van der Waals surface area contributed by atoms with Gasteiger partial charge in [-0.15, -0.1) is 0 Å². The number of carbonyl (C=O) groups excluding carboxylic acids is 1. The Balaban J connectivity index is 2.60. The highest BCUT2D eigenvalue weighted by atomic mass is 35.5.